The Hall–Kier alpha value is -2.30. The lowest BCUT2D eigenvalue weighted by Crippen LogP contribution is -2.25. The highest BCUT2D eigenvalue weighted by molar-refractivity contribution is 5.88. The maximum absolute atomic E-state index is 12.3. The summed E-state index contributed by atoms with van der Waals surface area (Å²) in [6.45, 7) is 3.68. The van der Waals surface area contributed by atoms with Gasteiger partial charge >= 0.3 is 5.97 Å². The van der Waals surface area contributed by atoms with Crippen LogP contribution in [0, 0.1) is 13.8 Å². The average Bonchev–Trinajstić information content (AvgIpc) is 2.40. The van der Waals surface area contributed by atoms with Gasteiger partial charge in [0.15, 0.2) is 0 Å². The van der Waals surface area contributed by atoms with Gasteiger partial charge in [0.25, 0.3) is 5.56 Å². The average molecular weight is 275 g/mol. The molecule has 0 fully saturated rings. The van der Waals surface area contributed by atoms with Crippen molar-refractivity contribution in [1.82, 2.24) is 4.57 Å². The van der Waals surface area contributed by atoms with E-state index in [0.717, 1.165) is 16.5 Å². The van der Waals surface area contributed by atoms with Gasteiger partial charge in [0.05, 0.1) is 19.0 Å². The summed E-state index contributed by atoms with van der Waals surface area (Å²) in [5.41, 5.74) is 2.49. The van der Waals surface area contributed by atoms with Gasteiger partial charge in [-0.1, -0.05) is 0 Å². The van der Waals surface area contributed by atoms with Crippen molar-refractivity contribution in [2.75, 3.05) is 7.11 Å². The second-order valence-corrected chi connectivity index (χ2v) is 4.88. The number of rotatable bonds is 3. The van der Waals surface area contributed by atoms with Crippen molar-refractivity contribution < 1.29 is 14.6 Å². The molecule has 1 N–H and O–H groups in total. The van der Waals surface area contributed by atoms with Crippen LogP contribution in [-0.4, -0.2) is 22.8 Å². The first kappa shape index (κ1) is 14.1. The van der Waals surface area contributed by atoms with Crippen molar-refractivity contribution in [1.29, 1.82) is 0 Å². The fraction of sp³-hybridized carbons (Fsp3) is 0.333. The molecule has 1 heterocycles. The number of pyridine rings is 1. The highest BCUT2D eigenvalue weighted by Crippen LogP contribution is 2.27. The van der Waals surface area contributed by atoms with Gasteiger partial charge in [-0.25, -0.2) is 0 Å². The molecule has 0 atom stereocenters. The molecule has 20 heavy (non-hydrogen) atoms. The minimum atomic E-state index is -1.01. The van der Waals surface area contributed by atoms with Crippen LogP contribution < -0.4 is 10.3 Å². The summed E-state index contributed by atoms with van der Waals surface area (Å²) in [7, 11) is 3.24. The largest absolute Gasteiger partial charge is 0.497 e. The molecule has 5 nitrogen and oxygen atoms in total. The van der Waals surface area contributed by atoms with Crippen LogP contribution in [0.5, 0.6) is 5.75 Å². The molecule has 1 aromatic heterocycles. The fourth-order valence-electron chi connectivity index (χ4n) is 2.58. The summed E-state index contributed by atoms with van der Waals surface area (Å²) in [6, 6.07) is 3.69. The van der Waals surface area contributed by atoms with Crippen LogP contribution in [0.4, 0.5) is 0 Å². The molecule has 0 saturated heterocycles. The van der Waals surface area contributed by atoms with E-state index in [-0.39, 0.29) is 12.0 Å². The summed E-state index contributed by atoms with van der Waals surface area (Å²) in [6.07, 6.45) is -0.273. The lowest BCUT2D eigenvalue weighted by molar-refractivity contribution is -0.136. The standard InChI is InChI=1S/C15H17NO4/c1-8-5-10(20-4)6-11-9(2)12(7-13(17)18)15(19)16(3)14(8)11/h5-6H,7H2,1-4H3,(H,17,18). The lowest BCUT2D eigenvalue weighted by atomic mass is 9.99. The van der Waals surface area contributed by atoms with Crippen LogP contribution >= 0.6 is 0 Å². The molecule has 5 heteroatoms. The van der Waals surface area contributed by atoms with Crippen molar-refractivity contribution in [3.63, 3.8) is 0 Å². The van der Waals surface area contributed by atoms with E-state index in [9.17, 15) is 9.59 Å². The summed E-state index contributed by atoms with van der Waals surface area (Å²) < 4.78 is 6.75. The number of aliphatic carboxylic acids is 1. The second kappa shape index (κ2) is 5.00. The molecule has 0 aliphatic heterocycles. The number of methoxy groups -OCH3 is 1. The minimum Gasteiger partial charge on any atom is -0.497 e. The number of carboxylic acids is 1. The zero-order valence-electron chi connectivity index (χ0n) is 12.0. The van der Waals surface area contributed by atoms with Crippen LogP contribution in [0.3, 0.4) is 0 Å². The minimum absolute atomic E-state index is 0.259. The molecule has 0 unspecified atom stereocenters. The normalized spacial score (nSPS) is 10.8. The van der Waals surface area contributed by atoms with Gasteiger partial charge in [-0.15, -0.1) is 0 Å². The Kier molecular flexibility index (Phi) is 3.53. The molecule has 2 rings (SSSR count). The lowest BCUT2D eigenvalue weighted by Gasteiger charge is -2.15. The van der Waals surface area contributed by atoms with Gasteiger partial charge in [-0.05, 0) is 37.1 Å². The van der Waals surface area contributed by atoms with E-state index in [1.165, 1.54) is 4.57 Å². The van der Waals surface area contributed by atoms with E-state index in [0.29, 0.717) is 16.9 Å². The quantitative estimate of drug-likeness (QED) is 0.927. The van der Waals surface area contributed by atoms with E-state index in [1.54, 1.807) is 21.1 Å². The van der Waals surface area contributed by atoms with Gasteiger partial charge in [0, 0.05) is 18.0 Å². The van der Waals surface area contributed by atoms with Crippen molar-refractivity contribution >= 4 is 16.9 Å². The number of nitrogens with zero attached hydrogens (tertiary/aromatic N) is 1. The Morgan fingerprint density at radius 3 is 2.55 bits per heavy atom. The van der Waals surface area contributed by atoms with E-state index < -0.39 is 5.97 Å². The third kappa shape index (κ3) is 2.15. The van der Waals surface area contributed by atoms with E-state index in [1.807, 2.05) is 19.1 Å². The van der Waals surface area contributed by atoms with Crippen molar-refractivity contribution in [3.8, 4) is 5.75 Å². The van der Waals surface area contributed by atoms with Crippen LogP contribution in [0.2, 0.25) is 0 Å². The summed E-state index contributed by atoms with van der Waals surface area (Å²) >= 11 is 0. The number of aryl methyl sites for hydroxylation is 3. The second-order valence-electron chi connectivity index (χ2n) is 4.88. The number of carboxylic acid groups (broad SMARTS) is 1. The van der Waals surface area contributed by atoms with Crippen molar-refractivity contribution in [3.05, 3.63) is 39.2 Å². The number of carbonyl (C=O) groups is 1. The maximum Gasteiger partial charge on any atom is 0.308 e. The summed E-state index contributed by atoms with van der Waals surface area (Å²) in [4.78, 5) is 23.3. The first-order valence-electron chi connectivity index (χ1n) is 6.25. The highest BCUT2D eigenvalue weighted by atomic mass is 16.5. The summed E-state index contributed by atoms with van der Waals surface area (Å²) in [5, 5.41) is 9.81. The molecular weight excluding hydrogens is 258 g/mol. The van der Waals surface area contributed by atoms with Gasteiger partial charge in [0.1, 0.15) is 5.75 Å². The number of hydrogen-bond donors (Lipinski definition) is 1. The Labute approximate surface area is 116 Å². The monoisotopic (exact) mass is 275 g/mol. The predicted octanol–water partition coefficient (Wildman–Crippen LogP) is 1.79. The number of fused-ring (bicyclic) bond motifs is 1. The first-order chi connectivity index (χ1) is 9.36. The topological polar surface area (TPSA) is 68.5 Å². The Balaban J connectivity index is 2.93. The van der Waals surface area contributed by atoms with E-state index >= 15 is 0 Å². The smallest absolute Gasteiger partial charge is 0.308 e. The SMILES string of the molecule is COc1cc(C)c2c(c1)c(C)c(CC(=O)O)c(=O)n2C. The zero-order chi connectivity index (χ0) is 15.0. The molecule has 0 aliphatic carbocycles. The van der Waals surface area contributed by atoms with Crippen LogP contribution in [-0.2, 0) is 18.3 Å². The molecule has 0 bridgehead atoms. The van der Waals surface area contributed by atoms with Crippen LogP contribution in [0.1, 0.15) is 16.7 Å². The molecule has 0 aliphatic rings. The third-order valence-corrected chi connectivity index (χ3v) is 3.59. The van der Waals surface area contributed by atoms with E-state index in [4.69, 9.17) is 9.84 Å². The zero-order valence-corrected chi connectivity index (χ0v) is 12.0. The van der Waals surface area contributed by atoms with Crippen molar-refractivity contribution in [2.45, 2.75) is 20.3 Å². The molecule has 2 aromatic rings. The van der Waals surface area contributed by atoms with Gasteiger partial charge < -0.3 is 14.4 Å². The van der Waals surface area contributed by atoms with Crippen LogP contribution in [0.25, 0.3) is 10.9 Å². The summed E-state index contributed by atoms with van der Waals surface area (Å²) in [5.74, 6) is -0.317. The van der Waals surface area contributed by atoms with Crippen LogP contribution in [0.15, 0.2) is 16.9 Å². The maximum atomic E-state index is 12.3. The molecule has 0 spiro atoms. The Bertz CT molecular complexity index is 759. The number of aromatic nitrogens is 1. The molecule has 0 radical (unpaired) electrons. The molecule has 106 valence electrons. The highest BCUT2D eigenvalue weighted by Gasteiger charge is 2.16. The number of hydrogen-bond acceptors (Lipinski definition) is 3. The van der Waals surface area contributed by atoms with E-state index in [2.05, 4.69) is 0 Å². The molecule has 0 saturated carbocycles. The molecule has 0 amide bonds. The Morgan fingerprint density at radius 1 is 1.35 bits per heavy atom. The fourth-order valence-corrected chi connectivity index (χ4v) is 2.58. The molecular formula is C15H17NO4. The number of ether oxygens (including phenoxy) is 1. The van der Waals surface area contributed by atoms with Gasteiger partial charge in [-0.3, -0.25) is 9.59 Å². The first-order valence-corrected chi connectivity index (χ1v) is 6.25. The predicted molar refractivity (Wildman–Crippen MR) is 76.6 cm³/mol. The van der Waals surface area contributed by atoms with Gasteiger partial charge in [-0.2, -0.15) is 0 Å². The van der Waals surface area contributed by atoms with Crippen molar-refractivity contribution in [2.24, 2.45) is 7.05 Å². The molecule has 1 aromatic carbocycles. The Morgan fingerprint density at radius 2 is 2.00 bits per heavy atom. The number of benzene rings is 1. The third-order valence-electron chi connectivity index (χ3n) is 3.59. The van der Waals surface area contributed by atoms with Gasteiger partial charge in [0.2, 0.25) is 0 Å².